The molecule has 0 saturated carbocycles. The maximum Gasteiger partial charge on any atom is 0.251 e. The lowest BCUT2D eigenvalue weighted by atomic mass is 10.2. The molecule has 0 spiro atoms. The average Bonchev–Trinajstić information content (AvgIpc) is 3.14. The molecule has 0 aliphatic rings. The van der Waals surface area contributed by atoms with Gasteiger partial charge in [-0.25, -0.2) is 9.37 Å². The third-order valence-electron chi connectivity index (χ3n) is 3.06. The van der Waals surface area contributed by atoms with Crippen molar-refractivity contribution >= 4 is 17.2 Å². The number of aromatic nitrogens is 1. The molecule has 0 aliphatic carbocycles. The zero-order valence-corrected chi connectivity index (χ0v) is 12.6. The minimum absolute atomic E-state index is 0.263. The fourth-order valence-electron chi connectivity index (χ4n) is 1.96. The molecule has 0 unspecified atom stereocenters. The number of hydrogen-bond acceptors (Lipinski definition) is 4. The van der Waals surface area contributed by atoms with Gasteiger partial charge in [-0.2, -0.15) is 0 Å². The van der Waals surface area contributed by atoms with Crippen LogP contribution in [0.5, 0.6) is 0 Å². The smallest absolute Gasteiger partial charge is 0.251 e. The fraction of sp³-hybridized carbons (Fsp3) is 0.125. The summed E-state index contributed by atoms with van der Waals surface area (Å²) in [7, 11) is 0. The van der Waals surface area contributed by atoms with Crippen molar-refractivity contribution in [1.82, 2.24) is 10.3 Å². The highest BCUT2D eigenvalue weighted by molar-refractivity contribution is 7.09. The van der Waals surface area contributed by atoms with Gasteiger partial charge in [-0.15, -0.1) is 11.3 Å². The SMILES string of the molecule is Cc1nc(-c2ccc(CNC(=O)c3ccc(F)cc3)o2)cs1. The first-order valence-corrected chi connectivity index (χ1v) is 7.55. The predicted molar refractivity (Wildman–Crippen MR) is 82.1 cm³/mol. The summed E-state index contributed by atoms with van der Waals surface area (Å²) in [6.07, 6.45) is 0. The third-order valence-corrected chi connectivity index (χ3v) is 3.84. The van der Waals surface area contributed by atoms with Crippen molar-refractivity contribution in [2.75, 3.05) is 0 Å². The van der Waals surface area contributed by atoms with Gasteiger partial charge in [0.05, 0.1) is 11.6 Å². The lowest BCUT2D eigenvalue weighted by molar-refractivity contribution is 0.0948. The van der Waals surface area contributed by atoms with Gasteiger partial charge in [0, 0.05) is 10.9 Å². The molecule has 2 heterocycles. The van der Waals surface area contributed by atoms with Crippen molar-refractivity contribution in [3.8, 4) is 11.5 Å². The summed E-state index contributed by atoms with van der Waals surface area (Å²) in [5.41, 5.74) is 1.20. The summed E-state index contributed by atoms with van der Waals surface area (Å²) in [5.74, 6) is 0.666. The normalized spacial score (nSPS) is 10.6. The van der Waals surface area contributed by atoms with Crippen LogP contribution in [0.3, 0.4) is 0 Å². The summed E-state index contributed by atoms with van der Waals surface area (Å²) < 4.78 is 18.5. The lowest BCUT2D eigenvalue weighted by Crippen LogP contribution is -2.22. The van der Waals surface area contributed by atoms with Gasteiger partial charge in [0.2, 0.25) is 0 Å². The maximum absolute atomic E-state index is 12.8. The highest BCUT2D eigenvalue weighted by Crippen LogP contribution is 2.23. The van der Waals surface area contributed by atoms with Gasteiger partial charge >= 0.3 is 0 Å². The van der Waals surface area contributed by atoms with Gasteiger partial charge in [-0.1, -0.05) is 0 Å². The number of thiazole rings is 1. The van der Waals surface area contributed by atoms with Crippen molar-refractivity contribution in [3.05, 3.63) is 63.9 Å². The van der Waals surface area contributed by atoms with Gasteiger partial charge in [0.25, 0.3) is 5.91 Å². The summed E-state index contributed by atoms with van der Waals surface area (Å²) in [6.45, 7) is 2.19. The second kappa shape index (κ2) is 6.11. The molecule has 0 fully saturated rings. The number of carbonyl (C=O) groups is 1. The number of nitrogens with one attached hydrogen (secondary N) is 1. The van der Waals surface area contributed by atoms with Crippen LogP contribution in [-0.2, 0) is 6.54 Å². The predicted octanol–water partition coefficient (Wildman–Crippen LogP) is 3.78. The van der Waals surface area contributed by atoms with E-state index in [1.807, 2.05) is 18.4 Å². The minimum atomic E-state index is -0.370. The third kappa shape index (κ3) is 3.23. The van der Waals surface area contributed by atoms with E-state index in [9.17, 15) is 9.18 Å². The highest BCUT2D eigenvalue weighted by atomic mass is 32.1. The van der Waals surface area contributed by atoms with E-state index < -0.39 is 0 Å². The van der Waals surface area contributed by atoms with Crippen LogP contribution < -0.4 is 5.32 Å². The Balaban J connectivity index is 1.63. The van der Waals surface area contributed by atoms with Gasteiger partial charge in [-0.3, -0.25) is 4.79 Å². The number of carbonyl (C=O) groups excluding carboxylic acids is 1. The van der Waals surface area contributed by atoms with Crippen LogP contribution in [-0.4, -0.2) is 10.9 Å². The van der Waals surface area contributed by atoms with Crippen LogP contribution in [0, 0.1) is 12.7 Å². The summed E-state index contributed by atoms with van der Waals surface area (Å²) in [4.78, 5) is 16.3. The second-order valence-electron chi connectivity index (χ2n) is 4.71. The van der Waals surface area contributed by atoms with E-state index in [-0.39, 0.29) is 18.3 Å². The van der Waals surface area contributed by atoms with Crippen molar-refractivity contribution in [2.24, 2.45) is 0 Å². The Morgan fingerprint density at radius 3 is 2.73 bits per heavy atom. The molecule has 4 nitrogen and oxygen atoms in total. The molecule has 22 heavy (non-hydrogen) atoms. The lowest BCUT2D eigenvalue weighted by Gasteiger charge is -2.03. The van der Waals surface area contributed by atoms with Crippen LogP contribution in [0.1, 0.15) is 21.1 Å². The zero-order chi connectivity index (χ0) is 15.5. The van der Waals surface area contributed by atoms with Crippen molar-refractivity contribution in [3.63, 3.8) is 0 Å². The number of amides is 1. The number of rotatable bonds is 4. The molecule has 1 N–H and O–H groups in total. The Morgan fingerprint density at radius 1 is 1.27 bits per heavy atom. The van der Waals surface area contributed by atoms with E-state index in [1.54, 1.807) is 17.4 Å². The standard InChI is InChI=1S/C16H13FN2O2S/c1-10-19-14(9-22-10)15-7-6-13(21-15)8-18-16(20)11-2-4-12(17)5-3-11/h2-7,9H,8H2,1H3,(H,18,20). The van der Waals surface area contributed by atoms with E-state index in [0.717, 1.165) is 10.7 Å². The van der Waals surface area contributed by atoms with Gasteiger partial charge in [0.15, 0.2) is 5.76 Å². The largest absolute Gasteiger partial charge is 0.458 e. The van der Waals surface area contributed by atoms with E-state index in [0.29, 0.717) is 17.1 Å². The number of benzene rings is 1. The van der Waals surface area contributed by atoms with Crippen molar-refractivity contribution in [2.45, 2.75) is 13.5 Å². The van der Waals surface area contributed by atoms with Crippen LogP contribution in [0.25, 0.3) is 11.5 Å². The van der Waals surface area contributed by atoms with E-state index in [2.05, 4.69) is 10.3 Å². The molecule has 3 rings (SSSR count). The topological polar surface area (TPSA) is 55.1 Å². The molecule has 6 heteroatoms. The van der Waals surface area contributed by atoms with Crippen molar-refractivity contribution < 1.29 is 13.6 Å². The highest BCUT2D eigenvalue weighted by Gasteiger charge is 2.10. The molecule has 112 valence electrons. The molecular formula is C16H13FN2O2S. The quantitative estimate of drug-likeness (QED) is 0.797. The van der Waals surface area contributed by atoms with E-state index >= 15 is 0 Å². The van der Waals surface area contributed by atoms with Gasteiger partial charge < -0.3 is 9.73 Å². The molecule has 0 radical (unpaired) electrons. The van der Waals surface area contributed by atoms with Crippen LogP contribution >= 0.6 is 11.3 Å². The molecule has 1 aromatic carbocycles. The van der Waals surface area contributed by atoms with Crippen LogP contribution in [0.4, 0.5) is 4.39 Å². The Hall–Kier alpha value is -2.47. The minimum Gasteiger partial charge on any atom is -0.458 e. The van der Waals surface area contributed by atoms with E-state index in [4.69, 9.17) is 4.42 Å². The van der Waals surface area contributed by atoms with E-state index in [1.165, 1.54) is 24.3 Å². The molecule has 1 amide bonds. The monoisotopic (exact) mass is 316 g/mol. The molecule has 0 saturated heterocycles. The molecule has 0 aliphatic heterocycles. The number of aryl methyl sites for hydroxylation is 1. The van der Waals surface area contributed by atoms with Crippen LogP contribution in [0.15, 0.2) is 46.2 Å². The zero-order valence-electron chi connectivity index (χ0n) is 11.8. The summed E-state index contributed by atoms with van der Waals surface area (Å²) in [6, 6.07) is 9.02. The van der Waals surface area contributed by atoms with Gasteiger partial charge in [0.1, 0.15) is 17.3 Å². The summed E-state index contributed by atoms with van der Waals surface area (Å²) in [5, 5.41) is 5.63. The Kier molecular flexibility index (Phi) is 4.02. The fourth-order valence-corrected chi connectivity index (χ4v) is 2.56. The Labute approximate surface area is 130 Å². The first-order valence-electron chi connectivity index (χ1n) is 6.67. The van der Waals surface area contributed by atoms with Crippen LogP contribution in [0.2, 0.25) is 0 Å². The first-order chi connectivity index (χ1) is 10.6. The number of hydrogen-bond donors (Lipinski definition) is 1. The van der Waals surface area contributed by atoms with Crippen molar-refractivity contribution in [1.29, 1.82) is 0 Å². The molecule has 0 atom stereocenters. The number of furan rings is 1. The number of halogens is 1. The molecule has 0 bridgehead atoms. The average molecular weight is 316 g/mol. The summed E-state index contributed by atoms with van der Waals surface area (Å²) >= 11 is 1.55. The molecule has 3 aromatic rings. The second-order valence-corrected chi connectivity index (χ2v) is 5.77. The Morgan fingerprint density at radius 2 is 2.05 bits per heavy atom. The Bertz CT molecular complexity index is 793. The maximum atomic E-state index is 12.8. The number of nitrogens with zero attached hydrogens (tertiary/aromatic N) is 1. The molecular weight excluding hydrogens is 303 g/mol. The first kappa shape index (κ1) is 14.5. The molecule has 2 aromatic heterocycles. The van der Waals surface area contributed by atoms with Gasteiger partial charge in [-0.05, 0) is 43.3 Å².